The maximum absolute atomic E-state index is 11.7. The summed E-state index contributed by atoms with van der Waals surface area (Å²) in [5.41, 5.74) is 6.35. The third-order valence-electron chi connectivity index (χ3n) is 2.06. The lowest BCUT2D eigenvalue weighted by atomic mass is 10.3. The Balaban J connectivity index is 2.31. The predicted molar refractivity (Wildman–Crippen MR) is 69.0 cm³/mol. The lowest BCUT2D eigenvalue weighted by Crippen LogP contribution is -2.22. The number of pyridine rings is 1. The SMILES string of the molecule is Nc1ccc(Cn2cncc(I)c2=O)cn1. The number of halogens is 1. The molecule has 2 heterocycles. The molecule has 5 nitrogen and oxygen atoms in total. The first kappa shape index (κ1) is 11.1. The maximum atomic E-state index is 11.7. The molecule has 0 saturated carbocycles. The zero-order chi connectivity index (χ0) is 11.5. The molecule has 82 valence electrons. The summed E-state index contributed by atoms with van der Waals surface area (Å²) in [5, 5.41) is 0. The zero-order valence-electron chi connectivity index (χ0n) is 8.30. The fraction of sp³-hybridized carbons (Fsp3) is 0.100. The third kappa shape index (κ3) is 2.38. The van der Waals surface area contributed by atoms with Crippen LogP contribution < -0.4 is 11.3 Å². The topological polar surface area (TPSA) is 73.8 Å². The number of hydrogen-bond acceptors (Lipinski definition) is 4. The van der Waals surface area contributed by atoms with Gasteiger partial charge in [-0.15, -0.1) is 0 Å². The predicted octanol–water partition coefficient (Wildman–Crippen LogP) is 0.873. The summed E-state index contributed by atoms with van der Waals surface area (Å²) in [4.78, 5) is 19.6. The largest absolute Gasteiger partial charge is 0.384 e. The fourth-order valence-electron chi connectivity index (χ4n) is 1.26. The van der Waals surface area contributed by atoms with Crippen LogP contribution in [-0.2, 0) is 6.54 Å². The van der Waals surface area contributed by atoms with E-state index in [0.717, 1.165) is 5.56 Å². The lowest BCUT2D eigenvalue weighted by Gasteiger charge is -2.05. The van der Waals surface area contributed by atoms with Gasteiger partial charge in [-0.1, -0.05) is 6.07 Å². The normalized spacial score (nSPS) is 10.3. The molecule has 0 unspecified atom stereocenters. The van der Waals surface area contributed by atoms with Crippen molar-refractivity contribution >= 4 is 28.4 Å². The third-order valence-corrected chi connectivity index (χ3v) is 2.80. The van der Waals surface area contributed by atoms with Crippen molar-refractivity contribution in [3.8, 4) is 0 Å². The minimum Gasteiger partial charge on any atom is -0.384 e. The van der Waals surface area contributed by atoms with Crippen LogP contribution in [0.5, 0.6) is 0 Å². The van der Waals surface area contributed by atoms with Crippen molar-refractivity contribution in [3.63, 3.8) is 0 Å². The first-order chi connectivity index (χ1) is 7.66. The Kier molecular flexibility index (Phi) is 3.18. The number of nitrogens with zero attached hydrogens (tertiary/aromatic N) is 3. The average molecular weight is 328 g/mol. The summed E-state index contributed by atoms with van der Waals surface area (Å²) in [7, 11) is 0. The molecule has 16 heavy (non-hydrogen) atoms. The summed E-state index contributed by atoms with van der Waals surface area (Å²) >= 11 is 1.97. The molecule has 2 aromatic heterocycles. The van der Waals surface area contributed by atoms with E-state index in [1.54, 1.807) is 18.5 Å². The second-order valence-corrected chi connectivity index (χ2v) is 4.43. The molecule has 0 atom stereocenters. The molecule has 2 rings (SSSR count). The molecule has 0 saturated heterocycles. The number of nitrogen functional groups attached to an aromatic ring is 1. The van der Waals surface area contributed by atoms with E-state index < -0.39 is 0 Å². The van der Waals surface area contributed by atoms with Crippen molar-refractivity contribution < 1.29 is 0 Å². The summed E-state index contributed by atoms with van der Waals surface area (Å²) in [6.07, 6.45) is 4.71. The van der Waals surface area contributed by atoms with Gasteiger partial charge in [-0.3, -0.25) is 9.36 Å². The summed E-state index contributed by atoms with van der Waals surface area (Å²) in [6, 6.07) is 3.55. The van der Waals surface area contributed by atoms with Crippen LogP contribution in [0.2, 0.25) is 0 Å². The first-order valence-electron chi connectivity index (χ1n) is 4.57. The number of nitrogens with two attached hydrogens (primary N) is 1. The molecule has 0 amide bonds. The molecule has 0 radical (unpaired) electrons. The van der Waals surface area contributed by atoms with Crippen LogP contribution in [0.3, 0.4) is 0 Å². The van der Waals surface area contributed by atoms with Gasteiger partial charge in [0.1, 0.15) is 5.82 Å². The van der Waals surface area contributed by atoms with Crippen molar-refractivity contribution in [1.82, 2.24) is 14.5 Å². The average Bonchev–Trinajstić information content (AvgIpc) is 2.28. The summed E-state index contributed by atoms with van der Waals surface area (Å²) in [6.45, 7) is 0.454. The first-order valence-corrected chi connectivity index (χ1v) is 5.65. The van der Waals surface area contributed by atoms with Crippen LogP contribution in [-0.4, -0.2) is 14.5 Å². The molecule has 0 spiro atoms. The minimum absolute atomic E-state index is 0.0487. The highest BCUT2D eigenvalue weighted by Gasteiger charge is 2.01. The van der Waals surface area contributed by atoms with Crippen LogP contribution in [0.15, 0.2) is 35.6 Å². The van der Waals surface area contributed by atoms with Crippen LogP contribution in [0, 0.1) is 3.57 Å². The minimum atomic E-state index is -0.0487. The van der Waals surface area contributed by atoms with Crippen molar-refractivity contribution in [2.75, 3.05) is 5.73 Å². The molecule has 0 bridgehead atoms. The Morgan fingerprint density at radius 2 is 2.19 bits per heavy atom. The Morgan fingerprint density at radius 3 is 2.88 bits per heavy atom. The Bertz CT molecular complexity index is 549. The number of rotatable bonds is 2. The fourth-order valence-corrected chi connectivity index (χ4v) is 1.73. The van der Waals surface area contributed by atoms with Gasteiger partial charge in [0.2, 0.25) is 0 Å². The quantitative estimate of drug-likeness (QED) is 0.831. The highest BCUT2D eigenvalue weighted by atomic mass is 127. The molecule has 2 N–H and O–H groups in total. The number of anilines is 1. The summed E-state index contributed by atoms with van der Waals surface area (Å²) < 4.78 is 2.14. The van der Waals surface area contributed by atoms with Gasteiger partial charge >= 0.3 is 0 Å². The second-order valence-electron chi connectivity index (χ2n) is 3.27. The van der Waals surface area contributed by atoms with E-state index in [-0.39, 0.29) is 5.56 Å². The Labute approximate surface area is 105 Å². The van der Waals surface area contributed by atoms with Gasteiger partial charge < -0.3 is 5.73 Å². The van der Waals surface area contributed by atoms with E-state index in [2.05, 4.69) is 9.97 Å². The van der Waals surface area contributed by atoms with Gasteiger partial charge in [0.05, 0.1) is 16.4 Å². The smallest absolute Gasteiger partial charge is 0.267 e. The molecule has 0 aromatic carbocycles. The number of hydrogen-bond donors (Lipinski definition) is 1. The maximum Gasteiger partial charge on any atom is 0.267 e. The van der Waals surface area contributed by atoms with Crippen LogP contribution in [0.25, 0.3) is 0 Å². The molecule has 0 aliphatic rings. The van der Waals surface area contributed by atoms with E-state index in [4.69, 9.17) is 5.73 Å². The highest BCUT2D eigenvalue weighted by molar-refractivity contribution is 14.1. The second kappa shape index (κ2) is 4.60. The van der Waals surface area contributed by atoms with Gasteiger partial charge in [-0.05, 0) is 34.2 Å². The molecule has 0 aliphatic carbocycles. The number of aromatic nitrogens is 3. The van der Waals surface area contributed by atoms with Gasteiger partial charge in [0, 0.05) is 12.4 Å². The zero-order valence-corrected chi connectivity index (χ0v) is 10.5. The molecule has 0 aliphatic heterocycles. The lowest BCUT2D eigenvalue weighted by molar-refractivity contribution is 0.728. The van der Waals surface area contributed by atoms with Crippen LogP contribution in [0.1, 0.15) is 5.56 Å². The molecular weight excluding hydrogens is 319 g/mol. The Hall–Kier alpha value is -1.44. The Morgan fingerprint density at radius 1 is 1.38 bits per heavy atom. The highest BCUT2D eigenvalue weighted by Crippen LogP contribution is 2.03. The van der Waals surface area contributed by atoms with E-state index in [1.807, 2.05) is 28.7 Å². The molecule has 2 aromatic rings. The molecule has 6 heteroatoms. The van der Waals surface area contributed by atoms with Gasteiger partial charge in [-0.25, -0.2) is 9.97 Å². The van der Waals surface area contributed by atoms with E-state index >= 15 is 0 Å². The summed E-state index contributed by atoms with van der Waals surface area (Å²) in [5.74, 6) is 0.469. The standard InChI is InChI=1S/C10H9IN4O/c11-8-4-13-6-15(10(8)16)5-7-1-2-9(12)14-3-7/h1-4,6H,5H2,(H2,12,14). The van der Waals surface area contributed by atoms with E-state index in [0.29, 0.717) is 15.9 Å². The van der Waals surface area contributed by atoms with Gasteiger partial charge in [0.25, 0.3) is 5.56 Å². The van der Waals surface area contributed by atoms with Crippen molar-refractivity contribution in [2.24, 2.45) is 0 Å². The molecule has 0 fully saturated rings. The van der Waals surface area contributed by atoms with Gasteiger partial charge in [0.15, 0.2) is 0 Å². The van der Waals surface area contributed by atoms with Gasteiger partial charge in [-0.2, -0.15) is 0 Å². The van der Waals surface area contributed by atoms with E-state index in [1.165, 1.54) is 10.9 Å². The van der Waals surface area contributed by atoms with Crippen LogP contribution in [0.4, 0.5) is 5.82 Å². The van der Waals surface area contributed by atoms with Crippen molar-refractivity contribution in [2.45, 2.75) is 6.54 Å². The monoisotopic (exact) mass is 328 g/mol. The van der Waals surface area contributed by atoms with E-state index in [9.17, 15) is 4.79 Å². The van der Waals surface area contributed by atoms with Crippen molar-refractivity contribution in [1.29, 1.82) is 0 Å². The van der Waals surface area contributed by atoms with Crippen LogP contribution >= 0.6 is 22.6 Å². The molecular formula is C10H9IN4O. The van der Waals surface area contributed by atoms with Crippen molar-refractivity contribution in [3.05, 3.63) is 50.3 Å².